The molecule has 2 aromatic heterocycles. The van der Waals surface area contributed by atoms with Crippen molar-refractivity contribution >= 4 is 5.91 Å². The van der Waals surface area contributed by atoms with Gasteiger partial charge in [-0.15, -0.1) is 5.10 Å². The first-order valence-electron chi connectivity index (χ1n) is 10.8. The molecule has 162 valence electrons. The predicted molar refractivity (Wildman–Crippen MR) is 107 cm³/mol. The third kappa shape index (κ3) is 3.77. The third-order valence-corrected chi connectivity index (χ3v) is 6.56. The van der Waals surface area contributed by atoms with E-state index in [1.165, 1.54) is 0 Å². The Kier molecular flexibility index (Phi) is 5.34. The molecule has 1 atom stereocenters. The Morgan fingerprint density at radius 2 is 2.23 bits per heavy atom. The molecule has 1 amide bonds. The number of amides is 1. The molecule has 9 nitrogen and oxygen atoms in total. The monoisotopic (exact) mass is 415 g/mol. The number of hydrogen-bond donors (Lipinski definition) is 0. The average Bonchev–Trinajstić information content (AvgIpc) is 3.50. The summed E-state index contributed by atoms with van der Waals surface area (Å²) in [6, 6.07) is 3.77. The van der Waals surface area contributed by atoms with E-state index in [9.17, 15) is 4.79 Å². The highest BCUT2D eigenvalue weighted by molar-refractivity contribution is 5.92. The van der Waals surface area contributed by atoms with Gasteiger partial charge in [0.05, 0.1) is 43.8 Å². The van der Waals surface area contributed by atoms with E-state index in [1.54, 1.807) is 0 Å². The van der Waals surface area contributed by atoms with Gasteiger partial charge in [-0.1, -0.05) is 5.21 Å². The summed E-state index contributed by atoms with van der Waals surface area (Å²) in [4.78, 5) is 14.7. The zero-order chi connectivity index (χ0) is 20.6. The molecule has 0 aromatic carbocycles. The molecule has 0 bridgehead atoms. The van der Waals surface area contributed by atoms with Crippen LogP contribution in [0.1, 0.15) is 47.6 Å². The average molecular weight is 415 g/mol. The first kappa shape index (κ1) is 19.7. The maximum Gasteiger partial charge on any atom is 0.270 e. The maximum atomic E-state index is 12.8. The van der Waals surface area contributed by atoms with E-state index in [4.69, 9.17) is 14.2 Å². The van der Waals surface area contributed by atoms with Gasteiger partial charge in [-0.3, -0.25) is 4.79 Å². The van der Waals surface area contributed by atoms with Gasteiger partial charge in [0.1, 0.15) is 11.4 Å². The van der Waals surface area contributed by atoms with Crippen LogP contribution in [0, 0.1) is 0 Å². The highest BCUT2D eigenvalue weighted by Gasteiger charge is 2.41. The molecule has 3 aliphatic heterocycles. The fourth-order valence-corrected chi connectivity index (χ4v) is 4.63. The molecule has 0 saturated carbocycles. The lowest BCUT2D eigenvalue weighted by molar-refractivity contribution is -0.120. The van der Waals surface area contributed by atoms with E-state index in [0.717, 1.165) is 49.4 Å². The second-order valence-corrected chi connectivity index (χ2v) is 8.56. The van der Waals surface area contributed by atoms with Crippen molar-refractivity contribution < 1.29 is 19.0 Å². The minimum atomic E-state index is -0.276. The molecule has 0 radical (unpaired) electrons. The summed E-state index contributed by atoms with van der Waals surface area (Å²) in [5.41, 5.74) is 2.29. The van der Waals surface area contributed by atoms with Gasteiger partial charge in [0.15, 0.2) is 0 Å². The molecule has 3 aliphatic rings. The molecule has 0 N–H and O–H groups in total. The second kappa shape index (κ2) is 8.13. The fourth-order valence-electron chi connectivity index (χ4n) is 4.63. The highest BCUT2D eigenvalue weighted by Crippen LogP contribution is 2.34. The summed E-state index contributed by atoms with van der Waals surface area (Å²) in [5, 5.41) is 8.68. The van der Waals surface area contributed by atoms with Gasteiger partial charge in [-0.25, -0.2) is 4.68 Å². The second-order valence-electron chi connectivity index (χ2n) is 8.56. The summed E-state index contributed by atoms with van der Waals surface area (Å²) < 4.78 is 21.6. The molecule has 30 heavy (non-hydrogen) atoms. The van der Waals surface area contributed by atoms with Crippen molar-refractivity contribution in [3.63, 3.8) is 0 Å². The van der Waals surface area contributed by atoms with Crippen LogP contribution in [-0.4, -0.2) is 68.4 Å². The number of aryl methyl sites for hydroxylation is 1. The molecule has 5 rings (SSSR count). The molecule has 5 heterocycles. The Hall–Kier alpha value is -2.23. The number of ether oxygens (including phenoxy) is 3. The van der Waals surface area contributed by atoms with Crippen LogP contribution in [0.5, 0.6) is 0 Å². The number of rotatable bonds is 5. The summed E-state index contributed by atoms with van der Waals surface area (Å²) in [6.45, 7) is 4.40. The lowest BCUT2D eigenvalue weighted by atomic mass is 9.89. The molecule has 2 aromatic rings. The number of carbonyl (C=O) groups excluding carboxylic acids is 1. The molecule has 2 fully saturated rings. The number of aromatic nitrogens is 4. The largest absolute Gasteiger partial charge is 0.376 e. The van der Waals surface area contributed by atoms with Gasteiger partial charge in [0, 0.05) is 32.9 Å². The standard InChI is InChI=1S/C21H29N5O4/c1-24-8-2-5-18(24)20(27)25-9-6-21(7-10-25)15-26-19(14-30-21)17(22-23-26)13-28-12-16-4-3-11-29-16/h2,5,8,16H,3-4,6-7,9-15H2,1H3. The Morgan fingerprint density at radius 3 is 2.97 bits per heavy atom. The van der Waals surface area contributed by atoms with Crippen molar-refractivity contribution in [2.75, 3.05) is 26.3 Å². The van der Waals surface area contributed by atoms with Gasteiger partial charge >= 0.3 is 0 Å². The number of likely N-dealkylation sites (tertiary alicyclic amines) is 1. The maximum absolute atomic E-state index is 12.8. The van der Waals surface area contributed by atoms with Crippen molar-refractivity contribution in [2.24, 2.45) is 7.05 Å². The number of piperidine rings is 1. The lowest BCUT2D eigenvalue weighted by Gasteiger charge is -2.43. The Labute approximate surface area is 175 Å². The SMILES string of the molecule is Cn1cccc1C(=O)N1CCC2(CC1)Cn1nnc(COCC3CCCO3)c1CO2. The molecule has 0 aliphatic carbocycles. The van der Waals surface area contributed by atoms with Crippen LogP contribution >= 0.6 is 0 Å². The zero-order valence-corrected chi connectivity index (χ0v) is 17.5. The van der Waals surface area contributed by atoms with E-state index in [1.807, 2.05) is 39.5 Å². The third-order valence-electron chi connectivity index (χ3n) is 6.56. The molecule has 1 spiro atoms. The topological polar surface area (TPSA) is 83.6 Å². The minimum Gasteiger partial charge on any atom is -0.376 e. The van der Waals surface area contributed by atoms with Crippen LogP contribution in [0.25, 0.3) is 0 Å². The first-order valence-corrected chi connectivity index (χ1v) is 10.8. The number of nitrogens with zero attached hydrogens (tertiary/aromatic N) is 5. The minimum absolute atomic E-state index is 0.0836. The number of carbonyl (C=O) groups is 1. The van der Waals surface area contributed by atoms with E-state index in [0.29, 0.717) is 39.5 Å². The van der Waals surface area contributed by atoms with Gasteiger partial charge in [0.2, 0.25) is 0 Å². The van der Waals surface area contributed by atoms with Gasteiger partial charge in [-0.05, 0) is 37.8 Å². The first-order chi connectivity index (χ1) is 14.6. The van der Waals surface area contributed by atoms with E-state index in [-0.39, 0.29) is 17.6 Å². The summed E-state index contributed by atoms with van der Waals surface area (Å²) >= 11 is 0. The molecule has 1 unspecified atom stereocenters. The Bertz CT molecular complexity index is 893. The highest BCUT2D eigenvalue weighted by atomic mass is 16.5. The Balaban J connectivity index is 1.17. The van der Waals surface area contributed by atoms with E-state index in [2.05, 4.69) is 10.3 Å². The predicted octanol–water partition coefficient (Wildman–Crippen LogP) is 1.52. The van der Waals surface area contributed by atoms with Gasteiger partial charge in [0.25, 0.3) is 5.91 Å². The van der Waals surface area contributed by atoms with Crippen molar-refractivity contribution in [3.05, 3.63) is 35.4 Å². The van der Waals surface area contributed by atoms with Crippen LogP contribution in [0.4, 0.5) is 0 Å². The normalized spacial score (nSPS) is 23.1. The zero-order valence-electron chi connectivity index (χ0n) is 17.5. The smallest absolute Gasteiger partial charge is 0.270 e. The van der Waals surface area contributed by atoms with Crippen LogP contribution in [0.3, 0.4) is 0 Å². The van der Waals surface area contributed by atoms with Crippen LogP contribution in [0.15, 0.2) is 18.3 Å². The van der Waals surface area contributed by atoms with Crippen LogP contribution < -0.4 is 0 Å². The summed E-state index contributed by atoms with van der Waals surface area (Å²) in [7, 11) is 1.90. The van der Waals surface area contributed by atoms with Crippen molar-refractivity contribution in [1.29, 1.82) is 0 Å². The summed E-state index contributed by atoms with van der Waals surface area (Å²) in [5.74, 6) is 0.0836. The van der Waals surface area contributed by atoms with Gasteiger partial charge < -0.3 is 23.7 Å². The fraction of sp³-hybridized carbons (Fsp3) is 0.667. The number of fused-ring (bicyclic) bond motifs is 1. The van der Waals surface area contributed by atoms with Crippen LogP contribution in [0.2, 0.25) is 0 Å². The van der Waals surface area contributed by atoms with E-state index < -0.39 is 0 Å². The Morgan fingerprint density at radius 1 is 1.37 bits per heavy atom. The van der Waals surface area contributed by atoms with Crippen LogP contribution in [-0.2, 0) is 41.0 Å². The molecular formula is C21H29N5O4. The quantitative estimate of drug-likeness (QED) is 0.736. The van der Waals surface area contributed by atoms with E-state index >= 15 is 0 Å². The number of hydrogen-bond acceptors (Lipinski definition) is 6. The molecule has 9 heteroatoms. The van der Waals surface area contributed by atoms with Crippen molar-refractivity contribution in [3.8, 4) is 0 Å². The molecular weight excluding hydrogens is 386 g/mol. The lowest BCUT2D eigenvalue weighted by Crippen LogP contribution is -2.52. The van der Waals surface area contributed by atoms with Crippen molar-refractivity contribution in [1.82, 2.24) is 24.5 Å². The van der Waals surface area contributed by atoms with Gasteiger partial charge in [-0.2, -0.15) is 0 Å². The molecule has 2 saturated heterocycles. The van der Waals surface area contributed by atoms with Crippen molar-refractivity contribution in [2.45, 2.75) is 57.1 Å². The summed E-state index contributed by atoms with van der Waals surface area (Å²) in [6.07, 6.45) is 5.88.